The molecule has 2 N–H and O–H groups in total. The van der Waals surface area contributed by atoms with E-state index in [1.807, 2.05) is 19.9 Å². The first-order valence-electron chi connectivity index (χ1n) is 6.97. The monoisotopic (exact) mass is 273 g/mol. The second-order valence-corrected chi connectivity index (χ2v) is 5.50. The molecule has 0 unspecified atom stereocenters. The fourth-order valence-corrected chi connectivity index (χ4v) is 2.42. The molecule has 2 aromatic rings. The van der Waals surface area contributed by atoms with Crippen molar-refractivity contribution >= 4 is 0 Å². The van der Waals surface area contributed by atoms with Crippen LogP contribution >= 0.6 is 0 Å². The Morgan fingerprint density at radius 2 is 2.30 bits per heavy atom. The van der Waals surface area contributed by atoms with Crippen molar-refractivity contribution in [2.24, 2.45) is 5.73 Å². The summed E-state index contributed by atoms with van der Waals surface area (Å²) < 4.78 is 10.9. The lowest BCUT2D eigenvalue weighted by Crippen LogP contribution is -2.05. The second kappa shape index (κ2) is 5.25. The molecule has 0 spiro atoms. The highest BCUT2D eigenvalue weighted by Gasteiger charge is 2.19. The number of benzene rings is 1. The second-order valence-electron chi connectivity index (χ2n) is 5.50. The topological polar surface area (TPSA) is 74.2 Å². The summed E-state index contributed by atoms with van der Waals surface area (Å²) in [6, 6.07) is 6.23. The number of hydrogen-bond donors (Lipinski definition) is 1. The van der Waals surface area contributed by atoms with Crippen LogP contribution in [0.15, 0.2) is 22.7 Å². The smallest absolute Gasteiger partial charge is 0.264 e. The van der Waals surface area contributed by atoms with Gasteiger partial charge in [0.15, 0.2) is 12.4 Å². The zero-order chi connectivity index (χ0) is 14.1. The lowest BCUT2D eigenvalue weighted by molar-refractivity contribution is 0.242. The molecule has 5 heteroatoms. The number of hydrogen-bond acceptors (Lipinski definition) is 5. The molecule has 1 atom stereocenters. The number of aryl methyl sites for hydroxylation is 1. The van der Waals surface area contributed by atoms with Crippen LogP contribution in [0.25, 0.3) is 0 Å². The average Bonchev–Trinajstić information content (AvgIpc) is 3.04. The van der Waals surface area contributed by atoms with Crippen LogP contribution in [0.3, 0.4) is 0 Å². The van der Waals surface area contributed by atoms with E-state index in [9.17, 15) is 0 Å². The summed E-state index contributed by atoms with van der Waals surface area (Å²) in [5, 5.41) is 3.91. The summed E-state index contributed by atoms with van der Waals surface area (Å²) >= 11 is 0. The van der Waals surface area contributed by atoms with Crippen LogP contribution in [0.2, 0.25) is 0 Å². The molecule has 20 heavy (non-hydrogen) atoms. The number of nitrogens with two attached hydrogens (primary N) is 1. The Labute approximate surface area is 118 Å². The van der Waals surface area contributed by atoms with Gasteiger partial charge in [-0.05, 0) is 36.1 Å². The molecule has 106 valence electrons. The third kappa shape index (κ3) is 2.54. The predicted octanol–water partition coefficient (Wildman–Crippen LogP) is 2.72. The van der Waals surface area contributed by atoms with Gasteiger partial charge >= 0.3 is 0 Å². The minimum atomic E-state index is 0.170. The number of ether oxygens (including phenoxy) is 1. The van der Waals surface area contributed by atoms with Crippen LogP contribution in [0.1, 0.15) is 55.1 Å². The van der Waals surface area contributed by atoms with Crippen molar-refractivity contribution in [3.63, 3.8) is 0 Å². The van der Waals surface area contributed by atoms with E-state index in [4.69, 9.17) is 15.0 Å². The molecule has 0 saturated heterocycles. The number of rotatable bonds is 4. The van der Waals surface area contributed by atoms with Gasteiger partial charge in [-0.2, -0.15) is 4.98 Å². The highest BCUT2D eigenvalue weighted by atomic mass is 16.5. The summed E-state index contributed by atoms with van der Waals surface area (Å²) in [5.74, 6) is 2.30. The van der Waals surface area contributed by atoms with Crippen molar-refractivity contribution in [1.29, 1.82) is 0 Å². The van der Waals surface area contributed by atoms with Crippen molar-refractivity contribution in [3.05, 3.63) is 41.0 Å². The molecule has 0 saturated carbocycles. The summed E-state index contributed by atoms with van der Waals surface area (Å²) in [4.78, 5) is 4.29. The van der Waals surface area contributed by atoms with E-state index in [2.05, 4.69) is 22.3 Å². The van der Waals surface area contributed by atoms with Gasteiger partial charge < -0.3 is 15.0 Å². The first-order valence-corrected chi connectivity index (χ1v) is 6.97. The molecule has 1 heterocycles. The van der Waals surface area contributed by atoms with E-state index < -0.39 is 0 Å². The van der Waals surface area contributed by atoms with Gasteiger partial charge in [-0.3, -0.25) is 0 Å². The molecule has 0 amide bonds. The fourth-order valence-electron chi connectivity index (χ4n) is 2.42. The quantitative estimate of drug-likeness (QED) is 0.927. The van der Waals surface area contributed by atoms with Crippen LogP contribution < -0.4 is 10.5 Å². The summed E-state index contributed by atoms with van der Waals surface area (Å²) in [7, 11) is 0. The molecule has 1 aliphatic rings. The maximum absolute atomic E-state index is 6.02. The summed E-state index contributed by atoms with van der Waals surface area (Å²) in [6.45, 7) is 4.35. The van der Waals surface area contributed by atoms with Gasteiger partial charge in [-0.15, -0.1) is 0 Å². The van der Waals surface area contributed by atoms with Gasteiger partial charge in [0.25, 0.3) is 5.89 Å². The largest absolute Gasteiger partial charge is 0.484 e. The number of aromatic nitrogens is 2. The van der Waals surface area contributed by atoms with Gasteiger partial charge in [0.2, 0.25) is 0 Å². The summed E-state index contributed by atoms with van der Waals surface area (Å²) in [6.07, 6.45) is 2.03. The van der Waals surface area contributed by atoms with E-state index in [-0.39, 0.29) is 12.0 Å². The van der Waals surface area contributed by atoms with Crippen molar-refractivity contribution in [2.45, 2.75) is 45.3 Å². The number of fused-ring (bicyclic) bond motifs is 1. The molecule has 0 radical (unpaired) electrons. The van der Waals surface area contributed by atoms with Crippen molar-refractivity contribution in [1.82, 2.24) is 10.1 Å². The lowest BCUT2D eigenvalue weighted by atomic mass is 10.1. The zero-order valence-corrected chi connectivity index (χ0v) is 11.8. The Kier molecular flexibility index (Phi) is 3.44. The molecule has 5 nitrogen and oxygen atoms in total. The van der Waals surface area contributed by atoms with Crippen LogP contribution in [0.4, 0.5) is 0 Å². The normalized spacial score (nSPS) is 17.5. The first kappa shape index (κ1) is 13.1. The Bertz CT molecular complexity index is 607. The van der Waals surface area contributed by atoms with E-state index in [1.54, 1.807) is 0 Å². The van der Waals surface area contributed by atoms with E-state index in [0.717, 1.165) is 18.6 Å². The highest BCUT2D eigenvalue weighted by Crippen LogP contribution is 2.32. The van der Waals surface area contributed by atoms with E-state index in [0.29, 0.717) is 18.3 Å². The van der Waals surface area contributed by atoms with Crippen molar-refractivity contribution < 1.29 is 9.26 Å². The lowest BCUT2D eigenvalue weighted by Gasteiger charge is -2.07. The fraction of sp³-hybridized carbons (Fsp3) is 0.467. The van der Waals surface area contributed by atoms with Gasteiger partial charge in [-0.25, -0.2) is 0 Å². The predicted molar refractivity (Wildman–Crippen MR) is 74.4 cm³/mol. The molecule has 0 aliphatic heterocycles. The van der Waals surface area contributed by atoms with Crippen LogP contribution in [0.5, 0.6) is 5.75 Å². The third-order valence-electron chi connectivity index (χ3n) is 3.60. The van der Waals surface area contributed by atoms with Gasteiger partial charge in [0, 0.05) is 12.0 Å². The summed E-state index contributed by atoms with van der Waals surface area (Å²) in [5.41, 5.74) is 8.53. The minimum absolute atomic E-state index is 0.170. The van der Waals surface area contributed by atoms with Gasteiger partial charge in [0.05, 0.1) is 0 Å². The third-order valence-corrected chi connectivity index (χ3v) is 3.60. The Morgan fingerprint density at radius 3 is 3.05 bits per heavy atom. The van der Waals surface area contributed by atoms with Gasteiger partial charge in [-0.1, -0.05) is 25.1 Å². The SMILES string of the molecule is CC(C)c1noc(COc2ccc3c(c2)CC[C@H]3N)n1. The Balaban J connectivity index is 1.66. The molecule has 1 aliphatic carbocycles. The Hall–Kier alpha value is -1.88. The molecular weight excluding hydrogens is 254 g/mol. The Morgan fingerprint density at radius 1 is 1.45 bits per heavy atom. The molecule has 0 fully saturated rings. The van der Waals surface area contributed by atoms with Crippen LogP contribution in [0, 0.1) is 0 Å². The van der Waals surface area contributed by atoms with E-state index >= 15 is 0 Å². The first-order chi connectivity index (χ1) is 9.63. The number of nitrogens with zero attached hydrogens (tertiary/aromatic N) is 2. The maximum atomic E-state index is 6.02. The zero-order valence-electron chi connectivity index (χ0n) is 11.8. The van der Waals surface area contributed by atoms with Crippen LogP contribution in [-0.4, -0.2) is 10.1 Å². The molecule has 1 aromatic heterocycles. The maximum Gasteiger partial charge on any atom is 0.264 e. The average molecular weight is 273 g/mol. The standard InChI is InChI=1S/C15H19N3O2/c1-9(2)15-17-14(20-18-15)8-19-11-4-5-12-10(7-11)3-6-13(12)16/h4-5,7,9,13H,3,6,8,16H2,1-2H3/t13-/m1/s1. The van der Waals surface area contributed by atoms with Gasteiger partial charge in [0.1, 0.15) is 5.75 Å². The highest BCUT2D eigenvalue weighted by molar-refractivity contribution is 5.40. The van der Waals surface area contributed by atoms with E-state index in [1.165, 1.54) is 11.1 Å². The molecule has 1 aromatic carbocycles. The van der Waals surface area contributed by atoms with Crippen molar-refractivity contribution in [2.75, 3.05) is 0 Å². The van der Waals surface area contributed by atoms with Crippen molar-refractivity contribution in [3.8, 4) is 5.75 Å². The molecule has 3 rings (SSSR count). The van der Waals surface area contributed by atoms with Crippen LogP contribution in [-0.2, 0) is 13.0 Å². The minimum Gasteiger partial charge on any atom is -0.484 e. The molecular formula is C15H19N3O2. The molecule has 0 bridgehead atoms.